The Kier molecular flexibility index (Phi) is 5.53. The average Bonchev–Trinajstić information content (AvgIpc) is 3.34. The number of aryl methyl sites for hydroxylation is 1. The number of anilines is 1. The molecule has 31 heavy (non-hydrogen) atoms. The van der Waals surface area contributed by atoms with Crippen LogP contribution in [0.3, 0.4) is 0 Å². The third-order valence-corrected chi connectivity index (χ3v) is 5.92. The average molecular weight is 461 g/mol. The molecular formula is C22H18Cl2N2O5. The summed E-state index contributed by atoms with van der Waals surface area (Å²) in [5, 5.41) is 37.3. The van der Waals surface area contributed by atoms with Crippen LogP contribution in [0.25, 0.3) is 22.5 Å². The minimum atomic E-state index is -1.55. The molecule has 7 nitrogen and oxygen atoms in total. The summed E-state index contributed by atoms with van der Waals surface area (Å²) in [6.07, 6.45) is 0. The molecule has 0 bridgehead atoms. The summed E-state index contributed by atoms with van der Waals surface area (Å²) in [5.41, 5.74) is 1.78. The Labute approximate surface area is 187 Å². The van der Waals surface area contributed by atoms with Crippen LogP contribution in [-0.4, -0.2) is 38.9 Å². The highest BCUT2D eigenvalue weighted by atomic mass is 35.5. The van der Waals surface area contributed by atoms with Crippen molar-refractivity contribution in [3.63, 3.8) is 0 Å². The molecule has 160 valence electrons. The van der Waals surface area contributed by atoms with Crippen molar-refractivity contribution >= 4 is 46.1 Å². The van der Waals surface area contributed by atoms with E-state index in [1.807, 2.05) is 0 Å². The van der Waals surface area contributed by atoms with E-state index in [1.165, 1.54) is 6.07 Å². The minimum absolute atomic E-state index is 0.0532. The standard InChI is InChI=1S/C22H18Cl2N2O5/c1-11-6-18(31-26-11)20(28)19-15-7-14(16(24)8-17(15)25-21(19)29)12-2-4-13(5-3-12)22(30,9-23)10-27/h2-8,27-28,30H,9-10H2,1H3,(H,25,29). The van der Waals surface area contributed by atoms with Crippen LogP contribution in [0.2, 0.25) is 5.02 Å². The number of carbonyl (C=O) groups excluding carboxylic acids is 1. The molecule has 2 aromatic carbocycles. The molecule has 1 aliphatic rings. The first-order chi connectivity index (χ1) is 14.8. The molecule has 9 heteroatoms. The Morgan fingerprint density at radius 3 is 2.48 bits per heavy atom. The lowest BCUT2D eigenvalue weighted by atomic mass is 9.93. The van der Waals surface area contributed by atoms with E-state index in [0.717, 1.165) is 0 Å². The van der Waals surface area contributed by atoms with Gasteiger partial charge >= 0.3 is 0 Å². The molecule has 4 N–H and O–H groups in total. The van der Waals surface area contributed by atoms with E-state index in [2.05, 4.69) is 10.5 Å². The Morgan fingerprint density at radius 1 is 1.19 bits per heavy atom. The largest absolute Gasteiger partial charge is 0.504 e. The predicted octanol–water partition coefficient (Wildman–Crippen LogP) is 4.10. The van der Waals surface area contributed by atoms with Crippen LogP contribution in [0.4, 0.5) is 5.69 Å². The van der Waals surface area contributed by atoms with Crippen molar-refractivity contribution in [3.8, 4) is 11.1 Å². The first-order valence-corrected chi connectivity index (χ1v) is 10.2. The van der Waals surface area contributed by atoms with Crippen molar-refractivity contribution in [1.29, 1.82) is 0 Å². The minimum Gasteiger partial charge on any atom is -0.504 e. The topological polar surface area (TPSA) is 116 Å². The first-order valence-electron chi connectivity index (χ1n) is 9.29. The molecule has 2 heterocycles. The quantitative estimate of drug-likeness (QED) is 0.258. The zero-order valence-corrected chi connectivity index (χ0v) is 17.8. The molecule has 0 radical (unpaired) electrons. The number of halogens is 2. The summed E-state index contributed by atoms with van der Waals surface area (Å²) in [6, 6.07) is 11.6. The molecule has 0 saturated heterocycles. The third-order valence-electron chi connectivity index (χ3n) is 5.17. The highest BCUT2D eigenvalue weighted by Gasteiger charge is 2.31. The van der Waals surface area contributed by atoms with Gasteiger partial charge in [0.15, 0.2) is 5.76 Å². The van der Waals surface area contributed by atoms with Crippen LogP contribution >= 0.6 is 23.2 Å². The highest BCUT2D eigenvalue weighted by Crippen LogP contribution is 2.42. The maximum Gasteiger partial charge on any atom is 0.260 e. The van der Waals surface area contributed by atoms with Gasteiger partial charge in [-0.05, 0) is 30.2 Å². The number of benzene rings is 2. The summed E-state index contributed by atoms with van der Waals surface area (Å²) in [4.78, 5) is 12.5. The molecule has 0 saturated carbocycles. The smallest absolute Gasteiger partial charge is 0.260 e. The Hall–Kier alpha value is -2.84. The van der Waals surface area contributed by atoms with Gasteiger partial charge in [-0.25, -0.2) is 0 Å². The van der Waals surface area contributed by atoms with Gasteiger partial charge in [-0.1, -0.05) is 41.0 Å². The third kappa shape index (κ3) is 3.70. The summed E-state index contributed by atoms with van der Waals surface area (Å²) in [6.45, 7) is 1.19. The van der Waals surface area contributed by atoms with Crippen LogP contribution in [0.1, 0.15) is 22.6 Å². The van der Waals surface area contributed by atoms with Gasteiger partial charge in [0.25, 0.3) is 5.91 Å². The Morgan fingerprint density at radius 2 is 1.90 bits per heavy atom. The SMILES string of the molecule is Cc1cc(C(O)=C2C(=O)Nc3cc(Cl)c(-c4ccc(C(O)(CO)CCl)cc4)cc32)on1. The molecule has 0 aliphatic carbocycles. The molecule has 0 spiro atoms. The van der Waals surface area contributed by atoms with Gasteiger partial charge in [-0.3, -0.25) is 4.79 Å². The van der Waals surface area contributed by atoms with Crippen LogP contribution in [-0.2, 0) is 10.4 Å². The van der Waals surface area contributed by atoms with Crippen LogP contribution in [0.15, 0.2) is 47.0 Å². The highest BCUT2D eigenvalue weighted by molar-refractivity contribution is 6.38. The second kappa shape index (κ2) is 8.01. The molecule has 1 amide bonds. The van der Waals surface area contributed by atoms with E-state index >= 15 is 0 Å². The molecule has 1 unspecified atom stereocenters. The monoisotopic (exact) mass is 460 g/mol. The van der Waals surface area contributed by atoms with Gasteiger partial charge in [0.2, 0.25) is 5.76 Å². The Balaban J connectivity index is 1.80. The maximum absolute atomic E-state index is 12.5. The van der Waals surface area contributed by atoms with Crippen molar-refractivity contribution < 1.29 is 24.6 Å². The van der Waals surface area contributed by atoms with Gasteiger partial charge in [-0.15, -0.1) is 11.6 Å². The van der Waals surface area contributed by atoms with Gasteiger partial charge < -0.3 is 25.2 Å². The molecule has 1 aromatic heterocycles. The number of nitrogens with one attached hydrogen (secondary N) is 1. The van der Waals surface area contributed by atoms with Crippen molar-refractivity contribution in [2.75, 3.05) is 17.8 Å². The van der Waals surface area contributed by atoms with Crippen LogP contribution in [0, 0.1) is 6.92 Å². The molecule has 0 fully saturated rings. The van der Waals surface area contributed by atoms with E-state index in [4.69, 9.17) is 27.7 Å². The lowest BCUT2D eigenvalue weighted by molar-refractivity contribution is -0.110. The number of aliphatic hydroxyl groups excluding tert-OH is 2. The lowest BCUT2D eigenvalue weighted by Gasteiger charge is -2.23. The second-order valence-electron chi connectivity index (χ2n) is 7.29. The fourth-order valence-electron chi connectivity index (χ4n) is 3.42. The van der Waals surface area contributed by atoms with Gasteiger partial charge in [0.05, 0.1) is 34.5 Å². The van der Waals surface area contributed by atoms with Crippen molar-refractivity contribution in [2.45, 2.75) is 12.5 Å². The van der Waals surface area contributed by atoms with Crippen LogP contribution in [0.5, 0.6) is 0 Å². The number of aromatic nitrogens is 1. The number of nitrogens with zero attached hydrogens (tertiary/aromatic N) is 1. The fraction of sp³-hybridized carbons (Fsp3) is 0.182. The lowest BCUT2D eigenvalue weighted by Crippen LogP contribution is -2.32. The molecule has 3 aromatic rings. The summed E-state index contributed by atoms with van der Waals surface area (Å²) < 4.78 is 5.09. The normalized spacial score (nSPS) is 16.6. The van der Waals surface area contributed by atoms with E-state index in [-0.39, 0.29) is 23.0 Å². The molecule has 4 rings (SSSR count). The molecule has 1 aliphatic heterocycles. The fourth-order valence-corrected chi connectivity index (χ4v) is 3.93. The van der Waals surface area contributed by atoms with E-state index in [9.17, 15) is 20.1 Å². The number of carbonyl (C=O) groups is 1. The van der Waals surface area contributed by atoms with Gasteiger partial charge in [-0.2, -0.15) is 0 Å². The molecule has 1 atom stereocenters. The van der Waals surface area contributed by atoms with Gasteiger partial charge in [0, 0.05) is 17.2 Å². The van der Waals surface area contributed by atoms with Crippen LogP contribution < -0.4 is 5.32 Å². The summed E-state index contributed by atoms with van der Waals surface area (Å²) in [7, 11) is 0. The zero-order valence-electron chi connectivity index (χ0n) is 16.3. The van der Waals surface area contributed by atoms with E-state index < -0.39 is 18.1 Å². The summed E-state index contributed by atoms with van der Waals surface area (Å²) in [5.74, 6) is -0.887. The first kappa shape index (κ1) is 21.4. The maximum atomic E-state index is 12.5. The molecular weight excluding hydrogens is 443 g/mol. The second-order valence-corrected chi connectivity index (χ2v) is 7.96. The number of hydrogen-bond donors (Lipinski definition) is 4. The zero-order chi connectivity index (χ0) is 22.3. The van der Waals surface area contributed by atoms with Gasteiger partial charge in [0.1, 0.15) is 5.60 Å². The van der Waals surface area contributed by atoms with Crippen molar-refractivity contribution in [2.24, 2.45) is 0 Å². The number of rotatable bonds is 5. The number of alkyl halides is 1. The van der Waals surface area contributed by atoms with E-state index in [1.54, 1.807) is 43.3 Å². The van der Waals surface area contributed by atoms with E-state index in [0.29, 0.717) is 38.7 Å². The van der Waals surface area contributed by atoms with Crippen molar-refractivity contribution in [1.82, 2.24) is 5.16 Å². The number of hydrogen-bond acceptors (Lipinski definition) is 6. The number of aliphatic hydroxyl groups is 3. The number of amides is 1. The summed E-state index contributed by atoms with van der Waals surface area (Å²) >= 11 is 12.2. The van der Waals surface area contributed by atoms with Crippen molar-refractivity contribution in [3.05, 3.63) is 70.1 Å². The number of fused-ring (bicyclic) bond motifs is 1. The predicted molar refractivity (Wildman–Crippen MR) is 118 cm³/mol. The Bertz CT molecular complexity index is 1200.